The van der Waals surface area contributed by atoms with Crippen molar-refractivity contribution in [2.75, 3.05) is 0 Å². The fourth-order valence-corrected chi connectivity index (χ4v) is 4.09. The van der Waals surface area contributed by atoms with Gasteiger partial charge in [0, 0.05) is 34.8 Å². The monoisotopic (exact) mass is 389 g/mol. The molecule has 0 saturated carbocycles. The smallest absolute Gasteiger partial charge is 0.153 e. The minimum absolute atomic E-state index is 0.281. The Bertz CT molecular complexity index is 1120. The van der Waals surface area contributed by atoms with E-state index in [-0.39, 0.29) is 6.04 Å². The molecule has 4 aromatic rings. The van der Waals surface area contributed by atoms with Crippen LogP contribution in [-0.2, 0) is 13.0 Å². The lowest BCUT2D eigenvalue weighted by Gasteiger charge is -2.24. The highest BCUT2D eigenvalue weighted by Crippen LogP contribution is 2.31. The molecule has 1 aliphatic carbocycles. The third kappa shape index (κ3) is 3.28. The highest BCUT2D eigenvalue weighted by molar-refractivity contribution is 6.31. The molecule has 0 saturated heterocycles. The summed E-state index contributed by atoms with van der Waals surface area (Å²) in [5, 5.41) is 10.1. The second-order valence-corrected chi connectivity index (χ2v) is 7.55. The van der Waals surface area contributed by atoms with Gasteiger partial charge in [0.25, 0.3) is 0 Å². The molecule has 3 heterocycles. The van der Waals surface area contributed by atoms with Gasteiger partial charge in [-0.1, -0.05) is 23.7 Å². The molecule has 0 amide bonds. The SMILES string of the molecule is Clc1ccc2nc(CNC3CCCc4c3cnn4-c3ccccn3)ccc2c1. The zero-order chi connectivity index (χ0) is 18.9. The summed E-state index contributed by atoms with van der Waals surface area (Å²) in [6.07, 6.45) is 7.05. The summed E-state index contributed by atoms with van der Waals surface area (Å²) in [6, 6.07) is 16.1. The summed E-state index contributed by atoms with van der Waals surface area (Å²) in [5.41, 5.74) is 4.52. The first kappa shape index (κ1) is 17.3. The van der Waals surface area contributed by atoms with Gasteiger partial charge in [-0.2, -0.15) is 5.10 Å². The number of benzene rings is 1. The van der Waals surface area contributed by atoms with Crippen LogP contribution in [0, 0.1) is 0 Å². The van der Waals surface area contributed by atoms with E-state index in [1.54, 1.807) is 6.20 Å². The third-order valence-corrected chi connectivity index (χ3v) is 5.52. The van der Waals surface area contributed by atoms with Crippen LogP contribution in [0.5, 0.6) is 0 Å². The number of hydrogen-bond acceptors (Lipinski definition) is 4. The first-order valence-electron chi connectivity index (χ1n) is 9.55. The summed E-state index contributed by atoms with van der Waals surface area (Å²) in [7, 11) is 0. The summed E-state index contributed by atoms with van der Waals surface area (Å²) < 4.78 is 1.97. The lowest BCUT2D eigenvalue weighted by atomic mass is 9.93. The summed E-state index contributed by atoms with van der Waals surface area (Å²) in [5.74, 6) is 0.874. The Morgan fingerprint density at radius 1 is 1.14 bits per heavy atom. The lowest BCUT2D eigenvalue weighted by Crippen LogP contribution is -2.25. The van der Waals surface area contributed by atoms with Gasteiger partial charge in [-0.25, -0.2) is 9.67 Å². The van der Waals surface area contributed by atoms with Crippen molar-refractivity contribution in [3.63, 3.8) is 0 Å². The molecule has 5 nitrogen and oxygen atoms in total. The maximum absolute atomic E-state index is 6.06. The molecule has 0 spiro atoms. The van der Waals surface area contributed by atoms with Crippen LogP contribution in [0.1, 0.15) is 35.8 Å². The minimum Gasteiger partial charge on any atom is -0.304 e. The predicted molar refractivity (Wildman–Crippen MR) is 111 cm³/mol. The molecule has 0 bridgehead atoms. The zero-order valence-corrected chi connectivity index (χ0v) is 16.1. The van der Waals surface area contributed by atoms with Gasteiger partial charge in [0.15, 0.2) is 5.82 Å². The molecule has 1 unspecified atom stereocenters. The van der Waals surface area contributed by atoms with E-state index in [2.05, 4.69) is 27.5 Å². The van der Waals surface area contributed by atoms with Crippen molar-refractivity contribution in [1.29, 1.82) is 0 Å². The highest BCUT2D eigenvalue weighted by Gasteiger charge is 2.24. The van der Waals surface area contributed by atoms with E-state index in [4.69, 9.17) is 16.6 Å². The number of rotatable bonds is 4. The average molecular weight is 390 g/mol. The van der Waals surface area contributed by atoms with Crippen LogP contribution in [0.3, 0.4) is 0 Å². The van der Waals surface area contributed by atoms with E-state index in [1.165, 1.54) is 11.3 Å². The first-order chi connectivity index (χ1) is 13.8. The van der Waals surface area contributed by atoms with Crippen molar-refractivity contribution in [2.24, 2.45) is 0 Å². The summed E-state index contributed by atoms with van der Waals surface area (Å²) in [4.78, 5) is 9.20. The Hall–Kier alpha value is -2.76. The number of pyridine rings is 2. The van der Waals surface area contributed by atoms with Gasteiger partial charge in [-0.05, 0) is 55.7 Å². The van der Waals surface area contributed by atoms with Gasteiger partial charge in [0.05, 0.1) is 23.1 Å². The largest absolute Gasteiger partial charge is 0.304 e. The first-order valence-corrected chi connectivity index (χ1v) is 9.92. The van der Waals surface area contributed by atoms with Crippen LogP contribution < -0.4 is 5.32 Å². The molecule has 1 atom stereocenters. The normalized spacial score (nSPS) is 16.2. The Morgan fingerprint density at radius 2 is 2.11 bits per heavy atom. The fraction of sp³-hybridized carbons (Fsp3) is 0.227. The van der Waals surface area contributed by atoms with Crippen LogP contribution in [0.15, 0.2) is 60.9 Å². The second kappa shape index (κ2) is 7.34. The predicted octanol–water partition coefficient (Wildman–Crippen LogP) is 4.64. The second-order valence-electron chi connectivity index (χ2n) is 7.11. The van der Waals surface area contributed by atoms with E-state index in [1.807, 2.05) is 47.3 Å². The maximum atomic E-state index is 6.06. The van der Waals surface area contributed by atoms with Gasteiger partial charge in [-0.15, -0.1) is 0 Å². The Balaban J connectivity index is 1.36. The molecule has 3 aromatic heterocycles. The van der Waals surface area contributed by atoms with Crippen LogP contribution in [0.25, 0.3) is 16.7 Å². The maximum Gasteiger partial charge on any atom is 0.153 e. The molecule has 1 aliphatic rings. The van der Waals surface area contributed by atoms with Crippen molar-refractivity contribution in [3.05, 3.63) is 82.9 Å². The Labute approximate surface area is 168 Å². The van der Waals surface area contributed by atoms with E-state index in [0.29, 0.717) is 0 Å². The molecule has 5 rings (SSSR count). The van der Waals surface area contributed by atoms with Crippen LogP contribution in [0.2, 0.25) is 5.02 Å². The molecule has 0 fully saturated rings. The molecular weight excluding hydrogens is 370 g/mol. The average Bonchev–Trinajstić information content (AvgIpc) is 3.17. The Kier molecular flexibility index (Phi) is 4.55. The van der Waals surface area contributed by atoms with Crippen molar-refractivity contribution in [3.8, 4) is 5.82 Å². The van der Waals surface area contributed by atoms with E-state index in [0.717, 1.165) is 53.2 Å². The fourth-order valence-electron chi connectivity index (χ4n) is 3.91. The number of nitrogens with one attached hydrogen (secondary N) is 1. The van der Waals surface area contributed by atoms with Crippen molar-refractivity contribution >= 4 is 22.5 Å². The van der Waals surface area contributed by atoms with Crippen molar-refractivity contribution in [2.45, 2.75) is 31.8 Å². The van der Waals surface area contributed by atoms with E-state index < -0.39 is 0 Å². The van der Waals surface area contributed by atoms with Crippen LogP contribution in [-0.4, -0.2) is 19.7 Å². The molecule has 140 valence electrons. The van der Waals surface area contributed by atoms with Crippen molar-refractivity contribution < 1.29 is 0 Å². The van der Waals surface area contributed by atoms with Crippen LogP contribution >= 0.6 is 11.6 Å². The number of fused-ring (bicyclic) bond motifs is 2. The molecule has 1 N–H and O–H groups in total. The van der Waals surface area contributed by atoms with E-state index in [9.17, 15) is 0 Å². The number of nitrogens with zero attached hydrogens (tertiary/aromatic N) is 4. The number of hydrogen-bond donors (Lipinski definition) is 1. The minimum atomic E-state index is 0.281. The van der Waals surface area contributed by atoms with Gasteiger partial charge in [0.2, 0.25) is 0 Å². The van der Waals surface area contributed by atoms with Gasteiger partial charge in [0.1, 0.15) is 0 Å². The number of halogens is 1. The van der Waals surface area contributed by atoms with E-state index >= 15 is 0 Å². The Morgan fingerprint density at radius 3 is 3.00 bits per heavy atom. The topological polar surface area (TPSA) is 55.6 Å². The standard InChI is InChI=1S/C22H20ClN5/c23-16-8-10-19-15(12-16)7-9-17(27-19)13-25-20-4-3-5-21-18(20)14-26-28(21)22-6-1-2-11-24-22/h1-2,6-12,14,20,25H,3-5,13H2. The van der Waals surface area contributed by atoms with Crippen LogP contribution in [0.4, 0.5) is 0 Å². The molecule has 1 aromatic carbocycles. The summed E-state index contributed by atoms with van der Waals surface area (Å²) >= 11 is 6.06. The van der Waals surface area contributed by atoms with Gasteiger partial charge >= 0.3 is 0 Å². The number of aromatic nitrogens is 4. The highest BCUT2D eigenvalue weighted by atomic mass is 35.5. The quantitative estimate of drug-likeness (QED) is 0.552. The lowest BCUT2D eigenvalue weighted by molar-refractivity contribution is 0.452. The van der Waals surface area contributed by atoms with Crippen molar-refractivity contribution in [1.82, 2.24) is 25.1 Å². The molecular formula is C22H20ClN5. The third-order valence-electron chi connectivity index (χ3n) is 5.29. The van der Waals surface area contributed by atoms with Gasteiger partial charge < -0.3 is 5.32 Å². The molecule has 0 aliphatic heterocycles. The molecule has 28 heavy (non-hydrogen) atoms. The molecule has 0 radical (unpaired) electrons. The van der Waals surface area contributed by atoms with Gasteiger partial charge in [-0.3, -0.25) is 4.98 Å². The summed E-state index contributed by atoms with van der Waals surface area (Å²) in [6.45, 7) is 0.720. The zero-order valence-electron chi connectivity index (χ0n) is 15.3. The molecule has 6 heteroatoms.